The predicted molar refractivity (Wildman–Crippen MR) is 76.1 cm³/mol. The number of aliphatic carboxylic acids is 1. The molecule has 2 fully saturated rings. The van der Waals surface area contributed by atoms with Gasteiger partial charge in [0.15, 0.2) is 0 Å². The lowest BCUT2D eigenvalue weighted by Gasteiger charge is -2.31. The Kier molecular flexibility index (Phi) is 4.59. The zero-order chi connectivity index (χ0) is 13.2. The van der Waals surface area contributed by atoms with Crippen molar-refractivity contribution in [2.45, 2.75) is 69.2 Å². The molecule has 2 rings (SSSR count). The summed E-state index contributed by atoms with van der Waals surface area (Å²) < 4.78 is 0. The molecule has 0 radical (unpaired) electrons. The highest BCUT2D eigenvalue weighted by Gasteiger charge is 2.39. The minimum atomic E-state index is -0.744. The number of hydrogen-bond donors (Lipinski definition) is 2. The predicted octanol–water partition coefficient (Wildman–Crippen LogP) is 2.89. The fourth-order valence-corrected chi connectivity index (χ4v) is 4.23. The lowest BCUT2D eigenvalue weighted by Crippen LogP contribution is -2.53. The molecule has 0 aromatic carbocycles. The summed E-state index contributed by atoms with van der Waals surface area (Å²) in [4.78, 5) is 11.4. The van der Waals surface area contributed by atoms with Crippen LogP contribution in [0.2, 0.25) is 0 Å². The molecule has 104 valence electrons. The van der Waals surface area contributed by atoms with Gasteiger partial charge in [-0.15, -0.1) is 0 Å². The van der Waals surface area contributed by atoms with Crippen molar-refractivity contribution in [3.8, 4) is 0 Å². The standard InChI is InChI=1S/C14H25NO2S/c1-10-4-3-5-12(8-10)18-9-14(2,13(16)17)15-11-6-7-11/h10-12,15H,3-9H2,1-2H3,(H,16,17). The molecule has 4 heteroatoms. The summed E-state index contributed by atoms with van der Waals surface area (Å²) in [6.45, 7) is 4.15. The number of thioether (sulfide) groups is 1. The van der Waals surface area contributed by atoms with Crippen LogP contribution in [0.4, 0.5) is 0 Å². The van der Waals surface area contributed by atoms with E-state index in [-0.39, 0.29) is 0 Å². The lowest BCUT2D eigenvalue weighted by atomic mass is 9.91. The van der Waals surface area contributed by atoms with Gasteiger partial charge in [-0.1, -0.05) is 19.8 Å². The van der Waals surface area contributed by atoms with Gasteiger partial charge in [0.05, 0.1) is 0 Å². The third kappa shape index (κ3) is 3.89. The smallest absolute Gasteiger partial charge is 0.324 e. The second kappa shape index (κ2) is 5.83. The van der Waals surface area contributed by atoms with Crippen LogP contribution in [-0.2, 0) is 4.79 Å². The van der Waals surface area contributed by atoms with Gasteiger partial charge in [0.1, 0.15) is 5.54 Å². The molecule has 2 saturated carbocycles. The van der Waals surface area contributed by atoms with E-state index in [4.69, 9.17) is 0 Å². The van der Waals surface area contributed by atoms with E-state index in [0.29, 0.717) is 17.0 Å². The topological polar surface area (TPSA) is 49.3 Å². The molecule has 2 aliphatic rings. The van der Waals surface area contributed by atoms with Crippen LogP contribution in [0.5, 0.6) is 0 Å². The molecule has 3 nitrogen and oxygen atoms in total. The molecular formula is C14H25NO2S. The van der Waals surface area contributed by atoms with Crippen LogP contribution in [0.1, 0.15) is 52.4 Å². The number of rotatable bonds is 6. The maximum atomic E-state index is 11.4. The second-order valence-corrected chi connectivity index (χ2v) is 7.55. The normalized spacial score (nSPS) is 31.9. The third-order valence-electron chi connectivity index (χ3n) is 4.07. The van der Waals surface area contributed by atoms with Gasteiger partial charge < -0.3 is 5.11 Å². The quantitative estimate of drug-likeness (QED) is 0.780. The first-order valence-corrected chi connectivity index (χ1v) is 8.17. The molecular weight excluding hydrogens is 246 g/mol. The van der Waals surface area contributed by atoms with Crippen LogP contribution in [0.3, 0.4) is 0 Å². The van der Waals surface area contributed by atoms with Crippen molar-refractivity contribution in [3.05, 3.63) is 0 Å². The molecule has 0 heterocycles. The number of carboxylic acid groups (broad SMARTS) is 1. The van der Waals surface area contributed by atoms with E-state index >= 15 is 0 Å². The van der Waals surface area contributed by atoms with E-state index in [1.807, 2.05) is 18.7 Å². The first-order chi connectivity index (χ1) is 8.49. The average Bonchev–Trinajstić information content (AvgIpc) is 3.10. The molecule has 0 saturated heterocycles. The molecule has 0 spiro atoms. The van der Waals surface area contributed by atoms with Gasteiger partial charge in [-0.05, 0) is 38.5 Å². The minimum Gasteiger partial charge on any atom is -0.480 e. The fraction of sp³-hybridized carbons (Fsp3) is 0.929. The van der Waals surface area contributed by atoms with Crippen LogP contribution in [0.15, 0.2) is 0 Å². The minimum absolute atomic E-state index is 0.442. The van der Waals surface area contributed by atoms with Crippen LogP contribution >= 0.6 is 11.8 Å². The molecule has 2 N–H and O–H groups in total. The van der Waals surface area contributed by atoms with Gasteiger partial charge in [-0.25, -0.2) is 0 Å². The Bertz CT molecular complexity index is 306. The highest BCUT2D eigenvalue weighted by molar-refractivity contribution is 8.00. The summed E-state index contributed by atoms with van der Waals surface area (Å²) in [6.07, 6.45) is 7.42. The average molecular weight is 271 g/mol. The van der Waals surface area contributed by atoms with Gasteiger partial charge >= 0.3 is 5.97 Å². The number of carboxylic acids is 1. The van der Waals surface area contributed by atoms with Crippen LogP contribution in [0.25, 0.3) is 0 Å². The number of carbonyl (C=O) groups is 1. The number of nitrogens with one attached hydrogen (secondary N) is 1. The molecule has 0 bridgehead atoms. The molecule has 0 amide bonds. The largest absolute Gasteiger partial charge is 0.480 e. The fourth-order valence-electron chi connectivity index (χ4n) is 2.66. The van der Waals surface area contributed by atoms with E-state index in [2.05, 4.69) is 12.2 Å². The van der Waals surface area contributed by atoms with Crippen molar-refractivity contribution >= 4 is 17.7 Å². The second-order valence-electron chi connectivity index (χ2n) is 6.26. The van der Waals surface area contributed by atoms with E-state index in [1.54, 1.807) is 0 Å². The summed E-state index contributed by atoms with van der Waals surface area (Å²) >= 11 is 1.86. The number of hydrogen-bond acceptors (Lipinski definition) is 3. The monoisotopic (exact) mass is 271 g/mol. The van der Waals surface area contributed by atoms with Crippen LogP contribution in [0, 0.1) is 5.92 Å². The zero-order valence-corrected chi connectivity index (χ0v) is 12.3. The third-order valence-corrected chi connectivity index (χ3v) is 5.71. The first kappa shape index (κ1) is 14.2. The van der Waals surface area contributed by atoms with Crippen molar-refractivity contribution in [3.63, 3.8) is 0 Å². The maximum absolute atomic E-state index is 11.4. The molecule has 3 atom stereocenters. The summed E-state index contributed by atoms with van der Waals surface area (Å²) in [6, 6.07) is 0.442. The molecule has 2 aliphatic carbocycles. The Labute approximate surface area is 114 Å². The summed E-state index contributed by atoms with van der Waals surface area (Å²) in [5.74, 6) is 0.797. The Balaban J connectivity index is 1.82. The van der Waals surface area contributed by atoms with Crippen molar-refractivity contribution in [1.82, 2.24) is 5.32 Å². The van der Waals surface area contributed by atoms with Gasteiger partial charge in [0.2, 0.25) is 0 Å². The van der Waals surface area contributed by atoms with Crippen LogP contribution < -0.4 is 5.32 Å². The lowest BCUT2D eigenvalue weighted by molar-refractivity contribution is -0.143. The molecule has 0 aliphatic heterocycles. The molecule has 0 aromatic heterocycles. The summed E-state index contributed by atoms with van der Waals surface area (Å²) in [5.41, 5.74) is -0.744. The Hall–Kier alpha value is -0.220. The summed E-state index contributed by atoms with van der Waals surface area (Å²) in [7, 11) is 0. The SMILES string of the molecule is CC1CCCC(SCC(C)(NC2CC2)C(=O)O)C1. The van der Waals surface area contributed by atoms with Gasteiger partial charge in [-0.2, -0.15) is 11.8 Å². The van der Waals surface area contributed by atoms with E-state index in [1.165, 1.54) is 25.7 Å². The van der Waals surface area contributed by atoms with Gasteiger partial charge in [-0.3, -0.25) is 10.1 Å². The molecule has 3 unspecified atom stereocenters. The Morgan fingerprint density at radius 1 is 1.39 bits per heavy atom. The van der Waals surface area contributed by atoms with Crippen LogP contribution in [-0.4, -0.2) is 33.7 Å². The first-order valence-electron chi connectivity index (χ1n) is 7.12. The highest BCUT2D eigenvalue weighted by atomic mass is 32.2. The van der Waals surface area contributed by atoms with Gasteiger partial charge in [0.25, 0.3) is 0 Å². The highest BCUT2D eigenvalue weighted by Crippen LogP contribution is 2.34. The Morgan fingerprint density at radius 2 is 2.11 bits per heavy atom. The van der Waals surface area contributed by atoms with Crippen molar-refractivity contribution in [1.29, 1.82) is 0 Å². The van der Waals surface area contributed by atoms with Crippen molar-refractivity contribution in [2.24, 2.45) is 5.92 Å². The van der Waals surface area contributed by atoms with E-state index in [0.717, 1.165) is 18.8 Å². The van der Waals surface area contributed by atoms with Crippen molar-refractivity contribution < 1.29 is 9.90 Å². The zero-order valence-electron chi connectivity index (χ0n) is 11.4. The Morgan fingerprint density at radius 3 is 2.67 bits per heavy atom. The van der Waals surface area contributed by atoms with E-state index < -0.39 is 11.5 Å². The molecule has 0 aromatic rings. The van der Waals surface area contributed by atoms with Crippen molar-refractivity contribution in [2.75, 3.05) is 5.75 Å². The molecule has 18 heavy (non-hydrogen) atoms. The summed E-state index contributed by atoms with van der Waals surface area (Å²) in [5, 5.41) is 13.4. The van der Waals surface area contributed by atoms with Gasteiger partial charge in [0, 0.05) is 17.0 Å². The maximum Gasteiger partial charge on any atom is 0.324 e. The van der Waals surface area contributed by atoms with E-state index in [9.17, 15) is 9.90 Å².